The summed E-state index contributed by atoms with van der Waals surface area (Å²) >= 11 is 1.69. The van der Waals surface area contributed by atoms with Gasteiger partial charge in [-0.25, -0.2) is 9.50 Å². The Kier molecular flexibility index (Phi) is 3.63. The molecule has 4 heterocycles. The molecule has 128 valence electrons. The lowest BCUT2D eigenvalue weighted by molar-refractivity contribution is 0.572. The molecule has 0 saturated carbocycles. The van der Waals surface area contributed by atoms with E-state index in [1.165, 1.54) is 12.0 Å². The number of anilines is 1. The van der Waals surface area contributed by atoms with E-state index in [-0.39, 0.29) is 5.41 Å². The molecule has 0 spiro atoms. The average molecular weight is 344 g/mol. The summed E-state index contributed by atoms with van der Waals surface area (Å²) in [5.74, 6) is 0.676. The lowest BCUT2D eigenvalue weighted by atomic mass is 9.93. The van der Waals surface area contributed by atoms with E-state index in [1.807, 2.05) is 22.4 Å². The maximum Gasteiger partial charge on any atom is 0.214 e. The van der Waals surface area contributed by atoms with Gasteiger partial charge in [-0.1, -0.05) is 32.1 Å². The zero-order valence-electron chi connectivity index (χ0n) is 14.7. The maximum atomic E-state index is 4.76. The highest BCUT2D eigenvalue weighted by Gasteiger charge is 2.26. The van der Waals surface area contributed by atoms with Crippen molar-refractivity contribution in [3.05, 3.63) is 29.8 Å². The van der Waals surface area contributed by atoms with Crippen LogP contribution in [0.2, 0.25) is 0 Å². The standard InChI is InChI=1S/C17H24N6S/c1-17(2,3)14-11-23-15(19-14)24-16(20-23)22-6-5-12(10-22)7-13-8-18-21(4)9-13/h8-9,11-12H,5-7,10H2,1-4H3. The number of hydrogen-bond acceptors (Lipinski definition) is 5. The summed E-state index contributed by atoms with van der Waals surface area (Å²) < 4.78 is 3.82. The van der Waals surface area contributed by atoms with Crippen LogP contribution in [0.4, 0.5) is 5.13 Å². The van der Waals surface area contributed by atoms with Crippen molar-refractivity contribution in [1.29, 1.82) is 0 Å². The molecule has 0 aliphatic carbocycles. The first-order valence-electron chi connectivity index (χ1n) is 8.47. The molecule has 0 aromatic carbocycles. The molecule has 0 bridgehead atoms. The van der Waals surface area contributed by atoms with E-state index in [9.17, 15) is 0 Å². The summed E-state index contributed by atoms with van der Waals surface area (Å²) in [6.45, 7) is 8.70. The zero-order valence-corrected chi connectivity index (χ0v) is 15.5. The molecule has 1 unspecified atom stereocenters. The fraction of sp³-hybridized carbons (Fsp3) is 0.588. The molecule has 24 heavy (non-hydrogen) atoms. The minimum absolute atomic E-state index is 0.0655. The van der Waals surface area contributed by atoms with Crippen LogP contribution in [0, 0.1) is 5.92 Å². The van der Waals surface area contributed by atoms with E-state index in [2.05, 4.69) is 43.2 Å². The van der Waals surface area contributed by atoms with Crippen LogP contribution in [0.25, 0.3) is 4.96 Å². The zero-order chi connectivity index (χ0) is 16.9. The molecule has 1 saturated heterocycles. The number of rotatable bonds is 3. The SMILES string of the molecule is Cn1cc(CC2CCN(c3nn4cc(C(C)(C)C)nc4s3)C2)cn1. The predicted octanol–water partition coefficient (Wildman–Crippen LogP) is 2.89. The summed E-state index contributed by atoms with van der Waals surface area (Å²) in [7, 11) is 1.97. The maximum absolute atomic E-state index is 4.76. The molecule has 0 amide bonds. The minimum atomic E-state index is 0.0655. The van der Waals surface area contributed by atoms with E-state index in [0.29, 0.717) is 5.92 Å². The highest BCUT2D eigenvalue weighted by atomic mass is 32.1. The number of nitrogens with zero attached hydrogens (tertiary/aromatic N) is 6. The summed E-state index contributed by atoms with van der Waals surface area (Å²) in [5.41, 5.74) is 2.49. The average Bonchev–Trinajstić information content (AvgIpc) is 3.20. The third kappa shape index (κ3) is 2.92. The van der Waals surface area contributed by atoms with Crippen molar-refractivity contribution in [2.24, 2.45) is 13.0 Å². The van der Waals surface area contributed by atoms with Crippen LogP contribution in [0.15, 0.2) is 18.6 Å². The lowest BCUT2D eigenvalue weighted by Gasteiger charge is -2.15. The Morgan fingerprint density at radius 2 is 2.12 bits per heavy atom. The molecule has 0 N–H and O–H groups in total. The van der Waals surface area contributed by atoms with Crippen LogP contribution in [0.5, 0.6) is 0 Å². The van der Waals surface area contributed by atoms with Crippen molar-refractivity contribution in [2.75, 3.05) is 18.0 Å². The Morgan fingerprint density at radius 1 is 1.29 bits per heavy atom. The molecule has 1 atom stereocenters. The van der Waals surface area contributed by atoms with Gasteiger partial charge in [0.25, 0.3) is 0 Å². The Balaban J connectivity index is 1.46. The largest absolute Gasteiger partial charge is 0.346 e. The van der Waals surface area contributed by atoms with Gasteiger partial charge in [0.2, 0.25) is 10.1 Å². The molecule has 1 fully saturated rings. The number of aryl methyl sites for hydroxylation is 1. The number of imidazole rings is 1. The van der Waals surface area contributed by atoms with Crippen molar-refractivity contribution in [1.82, 2.24) is 24.4 Å². The highest BCUT2D eigenvalue weighted by Crippen LogP contribution is 2.31. The first-order valence-corrected chi connectivity index (χ1v) is 9.29. The van der Waals surface area contributed by atoms with E-state index >= 15 is 0 Å². The fourth-order valence-corrected chi connectivity index (χ4v) is 4.18. The van der Waals surface area contributed by atoms with Crippen LogP contribution in [0.3, 0.4) is 0 Å². The van der Waals surface area contributed by atoms with Crippen LogP contribution in [0.1, 0.15) is 38.4 Å². The van der Waals surface area contributed by atoms with Gasteiger partial charge in [-0.15, -0.1) is 5.10 Å². The number of hydrogen-bond donors (Lipinski definition) is 0. The predicted molar refractivity (Wildman–Crippen MR) is 96.8 cm³/mol. The topological polar surface area (TPSA) is 51.2 Å². The lowest BCUT2D eigenvalue weighted by Crippen LogP contribution is -2.20. The minimum Gasteiger partial charge on any atom is -0.346 e. The molecular weight excluding hydrogens is 320 g/mol. The van der Waals surface area contributed by atoms with Crippen molar-refractivity contribution >= 4 is 21.4 Å². The second-order valence-corrected chi connectivity index (χ2v) is 8.75. The molecule has 0 radical (unpaired) electrons. The molecule has 3 aromatic heterocycles. The van der Waals surface area contributed by atoms with Gasteiger partial charge in [0.05, 0.1) is 18.1 Å². The van der Waals surface area contributed by atoms with Crippen LogP contribution < -0.4 is 4.90 Å². The van der Waals surface area contributed by atoms with E-state index in [4.69, 9.17) is 10.1 Å². The van der Waals surface area contributed by atoms with Crippen LogP contribution in [-0.4, -0.2) is 37.5 Å². The Labute approximate surface area is 146 Å². The van der Waals surface area contributed by atoms with Gasteiger partial charge in [0.1, 0.15) is 0 Å². The summed E-state index contributed by atoms with van der Waals surface area (Å²) in [6.07, 6.45) is 8.48. The molecular formula is C17H24N6S. The Bertz CT molecular complexity index is 821. The molecule has 1 aliphatic rings. The van der Waals surface area contributed by atoms with Crippen molar-refractivity contribution in [3.63, 3.8) is 0 Å². The van der Waals surface area contributed by atoms with Gasteiger partial charge >= 0.3 is 0 Å². The van der Waals surface area contributed by atoms with Crippen LogP contribution >= 0.6 is 11.3 Å². The smallest absolute Gasteiger partial charge is 0.214 e. The monoisotopic (exact) mass is 344 g/mol. The van der Waals surface area contributed by atoms with Gasteiger partial charge in [-0.3, -0.25) is 4.68 Å². The van der Waals surface area contributed by atoms with Crippen molar-refractivity contribution in [3.8, 4) is 0 Å². The van der Waals surface area contributed by atoms with Gasteiger partial charge in [0, 0.05) is 31.7 Å². The van der Waals surface area contributed by atoms with Gasteiger partial charge < -0.3 is 4.90 Å². The first-order chi connectivity index (χ1) is 11.4. The summed E-state index contributed by atoms with van der Waals surface area (Å²) in [6, 6.07) is 0. The number of fused-ring (bicyclic) bond motifs is 1. The van der Waals surface area contributed by atoms with E-state index in [1.54, 1.807) is 11.3 Å². The quantitative estimate of drug-likeness (QED) is 0.733. The summed E-state index contributed by atoms with van der Waals surface area (Å²) in [4.78, 5) is 8.14. The second kappa shape index (κ2) is 5.58. The molecule has 6 nitrogen and oxygen atoms in total. The molecule has 3 aromatic rings. The van der Waals surface area contributed by atoms with E-state index in [0.717, 1.165) is 35.3 Å². The van der Waals surface area contributed by atoms with Gasteiger partial charge in [0.15, 0.2) is 0 Å². The molecule has 4 rings (SSSR count). The number of aromatic nitrogens is 5. The van der Waals surface area contributed by atoms with Gasteiger partial charge in [-0.2, -0.15) is 5.10 Å². The van der Waals surface area contributed by atoms with Crippen molar-refractivity contribution in [2.45, 2.75) is 39.0 Å². The van der Waals surface area contributed by atoms with Gasteiger partial charge in [-0.05, 0) is 24.3 Å². The third-order valence-corrected chi connectivity index (χ3v) is 5.62. The Hall–Kier alpha value is -1.89. The summed E-state index contributed by atoms with van der Waals surface area (Å²) in [5, 5.41) is 10.1. The third-order valence-electron chi connectivity index (χ3n) is 4.64. The molecule has 1 aliphatic heterocycles. The molecule has 7 heteroatoms. The Morgan fingerprint density at radius 3 is 2.79 bits per heavy atom. The van der Waals surface area contributed by atoms with E-state index < -0.39 is 0 Å². The highest BCUT2D eigenvalue weighted by molar-refractivity contribution is 7.20. The second-order valence-electron chi connectivity index (χ2n) is 7.82. The first kappa shape index (κ1) is 15.6. The van der Waals surface area contributed by atoms with Crippen LogP contribution in [-0.2, 0) is 18.9 Å². The van der Waals surface area contributed by atoms with Crippen molar-refractivity contribution < 1.29 is 0 Å². The fourth-order valence-electron chi connectivity index (χ4n) is 3.26. The normalized spacial score (nSPS) is 18.8.